The number of carbonyl (C=O) groups is 1. The van der Waals surface area contributed by atoms with Gasteiger partial charge in [-0.2, -0.15) is 0 Å². The van der Waals surface area contributed by atoms with E-state index in [-0.39, 0.29) is 29.9 Å². The van der Waals surface area contributed by atoms with Crippen molar-refractivity contribution >= 4 is 41.8 Å². The van der Waals surface area contributed by atoms with Gasteiger partial charge in [-0.05, 0) is 37.7 Å². The van der Waals surface area contributed by atoms with Gasteiger partial charge < -0.3 is 20.4 Å². The zero-order valence-electron chi connectivity index (χ0n) is 19.0. The van der Waals surface area contributed by atoms with Crippen LogP contribution in [-0.2, 0) is 4.79 Å². The van der Waals surface area contributed by atoms with Crippen LogP contribution in [0.1, 0.15) is 52.4 Å². The molecule has 8 nitrogen and oxygen atoms in total. The number of amides is 1. The molecule has 0 spiro atoms. The lowest BCUT2D eigenvalue weighted by Crippen LogP contribution is -2.50. The lowest BCUT2D eigenvalue weighted by Gasteiger charge is -2.34. The van der Waals surface area contributed by atoms with Crippen LogP contribution >= 0.6 is 24.0 Å². The first-order chi connectivity index (χ1) is 14.7. The number of aromatic nitrogens is 2. The molecule has 1 saturated heterocycles. The van der Waals surface area contributed by atoms with Gasteiger partial charge in [0.05, 0.1) is 0 Å². The number of hydrogen-bond acceptors (Lipinski definition) is 5. The molecule has 2 aliphatic rings. The minimum absolute atomic E-state index is 0. The van der Waals surface area contributed by atoms with E-state index in [9.17, 15) is 4.79 Å². The van der Waals surface area contributed by atoms with Gasteiger partial charge in [-0.25, -0.2) is 9.97 Å². The van der Waals surface area contributed by atoms with Crippen molar-refractivity contribution in [3.8, 4) is 0 Å². The molecule has 31 heavy (non-hydrogen) atoms. The molecule has 1 aromatic heterocycles. The molecule has 3 rings (SSSR count). The number of anilines is 1. The molecule has 0 radical (unpaired) electrons. The van der Waals surface area contributed by atoms with E-state index >= 15 is 0 Å². The van der Waals surface area contributed by atoms with Gasteiger partial charge >= 0.3 is 0 Å². The lowest BCUT2D eigenvalue weighted by atomic mass is 9.84. The molecule has 1 aromatic rings. The van der Waals surface area contributed by atoms with Crippen LogP contribution in [0.3, 0.4) is 0 Å². The highest BCUT2D eigenvalue weighted by molar-refractivity contribution is 14.0. The highest BCUT2D eigenvalue weighted by atomic mass is 127. The zero-order chi connectivity index (χ0) is 21.2. The summed E-state index contributed by atoms with van der Waals surface area (Å²) in [4.78, 5) is 30.1. The molecule has 0 bridgehead atoms. The number of rotatable bonds is 8. The summed E-state index contributed by atoms with van der Waals surface area (Å²) in [6, 6.07) is 1.82. The van der Waals surface area contributed by atoms with Crippen LogP contribution in [0.5, 0.6) is 0 Å². The van der Waals surface area contributed by atoms with Gasteiger partial charge in [-0.3, -0.25) is 9.79 Å². The highest BCUT2D eigenvalue weighted by Gasteiger charge is 2.31. The van der Waals surface area contributed by atoms with Crippen molar-refractivity contribution in [2.45, 2.75) is 52.4 Å². The highest BCUT2D eigenvalue weighted by Crippen LogP contribution is 2.41. The summed E-state index contributed by atoms with van der Waals surface area (Å²) in [5.41, 5.74) is 0.375. The van der Waals surface area contributed by atoms with Crippen molar-refractivity contribution in [3.05, 3.63) is 18.5 Å². The van der Waals surface area contributed by atoms with Crippen molar-refractivity contribution in [2.75, 3.05) is 50.7 Å². The summed E-state index contributed by atoms with van der Waals surface area (Å²) in [6.45, 7) is 9.62. The molecule has 1 aliphatic carbocycles. The monoisotopic (exact) mass is 543 g/mol. The number of nitrogens with zero attached hydrogens (tertiary/aromatic N) is 5. The van der Waals surface area contributed by atoms with Crippen LogP contribution in [-0.4, -0.2) is 72.5 Å². The Kier molecular flexibility index (Phi) is 10.8. The molecule has 2 fully saturated rings. The quantitative estimate of drug-likeness (QED) is 0.298. The molecule has 2 N–H and O–H groups in total. The van der Waals surface area contributed by atoms with Gasteiger partial charge in [-0.15, -0.1) is 24.0 Å². The SMILES string of the molecule is CCNC(=NCC1(CC)CCCC1)NCCC(=O)N1CCN(c2ncccn2)CC1.I. The molecule has 1 aliphatic heterocycles. The third-order valence-electron chi connectivity index (χ3n) is 6.43. The third kappa shape index (κ3) is 7.47. The third-order valence-corrected chi connectivity index (χ3v) is 6.43. The van der Waals surface area contributed by atoms with Gasteiger partial charge in [0.25, 0.3) is 0 Å². The summed E-state index contributed by atoms with van der Waals surface area (Å²) >= 11 is 0. The Morgan fingerprint density at radius 1 is 1.10 bits per heavy atom. The Hall–Kier alpha value is -1.65. The minimum atomic E-state index is 0. The van der Waals surface area contributed by atoms with Crippen molar-refractivity contribution in [3.63, 3.8) is 0 Å². The van der Waals surface area contributed by atoms with E-state index in [4.69, 9.17) is 4.99 Å². The largest absolute Gasteiger partial charge is 0.357 e. The van der Waals surface area contributed by atoms with Crippen molar-refractivity contribution in [2.24, 2.45) is 10.4 Å². The minimum Gasteiger partial charge on any atom is -0.357 e. The van der Waals surface area contributed by atoms with Gasteiger partial charge in [0.1, 0.15) is 0 Å². The molecule has 9 heteroatoms. The predicted octanol–water partition coefficient (Wildman–Crippen LogP) is 2.66. The normalized spacial score (nSPS) is 18.5. The van der Waals surface area contributed by atoms with Crippen molar-refractivity contribution < 1.29 is 4.79 Å². The molecule has 0 atom stereocenters. The van der Waals surface area contributed by atoms with Crippen molar-refractivity contribution in [1.82, 2.24) is 25.5 Å². The van der Waals surface area contributed by atoms with Crippen LogP contribution < -0.4 is 15.5 Å². The predicted molar refractivity (Wildman–Crippen MR) is 136 cm³/mol. The molecule has 2 heterocycles. The van der Waals surface area contributed by atoms with E-state index in [0.29, 0.717) is 31.5 Å². The lowest BCUT2D eigenvalue weighted by molar-refractivity contribution is -0.131. The summed E-state index contributed by atoms with van der Waals surface area (Å²) < 4.78 is 0. The zero-order valence-corrected chi connectivity index (χ0v) is 21.3. The molecular weight excluding hydrogens is 505 g/mol. The average Bonchev–Trinajstić information content (AvgIpc) is 3.27. The first kappa shape index (κ1) is 25.6. The number of hydrogen-bond donors (Lipinski definition) is 2. The fourth-order valence-electron chi connectivity index (χ4n) is 4.39. The van der Waals surface area contributed by atoms with E-state index in [2.05, 4.69) is 39.3 Å². The number of piperazine rings is 1. The maximum Gasteiger partial charge on any atom is 0.225 e. The summed E-state index contributed by atoms with van der Waals surface area (Å²) in [7, 11) is 0. The first-order valence-electron chi connectivity index (χ1n) is 11.5. The molecule has 1 saturated carbocycles. The van der Waals surface area contributed by atoms with Crippen LogP contribution in [0.15, 0.2) is 23.5 Å². The Balaban J connectivity index is 0.00000341. The van der Waals surface area contributed by atoms with Crippen LogP contribution in [0.2, 0.25) is 0 Å². The van der Waals surface area contributed by atoms with E-state index in [1.165, 1.54) is 32.1 Å². The van der Waals surface area contributed by atoms with E-state index in [0.717, 1.165) is 38.1 Å². The molecule has 174 valence electrons. The standard InChI is InChI=1S/C22H37N7O.HI/c1-3-22(9-5-6-10-22)18-27-20(23-4-2)24-13-8-19(30)28-14-16-29(17-15-28)21-25-11-7-12-26-21;/h7,11-12H,3-6,8-10,13-18H2,1-2H3,(H2,23,24,27);1H. The number of carbonyl (C=O) groups excluding carboxylic acids is 1. The van der Waals surface area contributed by atoms with Gasteiger partial charge in [0.2, 0.25) is 11.9 Å². The van der Waals surface area contributed by atoms with Crippen molar-refractivity contribution in [1.29, 1.82) is 0 Å². The fraction of sp³-hybridized carbons (Fsp3) is 0.727. The molecule has 1 amide bonds. The molecular formula is C22H38IN7O. The van der Waals surface area contributed by atoms with Crippen LogP contribution in [0.4, 0.5) is 5.95 Å². The summed E-state index contributed by atoms with van der Waals surface area (Å²) in [6.07, 6.45) is 10.4. The van der Waals surface area contributed by atoms with E-state index < -0.39 is 0 Å². The van der Waals surface area contributed by atoms with Gasteiger partial charge in [-0.1, -0.05) is 19.8 Å². The topological polar surface area (TPSA) is 85.8 Å². The second-order valence-electron chi connectivity index (χ2n) is 8.35. The number of guanidine groups is 1. The number of halogens is 1. The second kappa shape index (κ2) is 13.0. The number of nitrogens with one attached hydrogen (secondary N) is 2. The van der Waals surface area contributed by atoms with Crippen LogP contribution in [0, 0.1) is 5.41 Å². The van der Waals surface area contributed by atoms with E-state index in [1.807, 2.05) is 11.0 Å². The second-order valence-corrected chi connectivity index (χ2v) is 8.35. The Morgan fingerprint density at radius 2 is 1.77 bits per heavy atom. The Labute approximate surface area is 203 Å². The molecule has 0 aromatic carbocycles. The average molecular weight is 543 g/mol. The summed E-state index contributed by atoms with van der Waals surface area (Å²) in [5, 5.41) is 6.67. The summed E-state index contributed by atoms with van der Waals surface area (Å²) in [5.74, 6) is 1.76. The Bertz CT molecular complexity index is 686. The maximum absolute atomic E-state index is 12.6. The number of aliphatic imine (C=N–C) groups is 1. The Morgan fingerprint density at radius 3 is 2.39 bits per heavy atom. The maximum atomic E-state index is 12.6. The molecule has 0 unspecified atom stereocenters. The van der Waals surface area contributed by atoms with E-state index in [1.54, 1.807) is 12.4 Å². The van der Waals surface area contributed by atoms with Gasteiger partial charge in [0, 0.05) is 64.6 Å². The fourth-order valence-corrected chi connectivity index (χ4v) is 4.39. The smallest absolute Gasteiger partial charge is 0.225 e. The first-order valence-corrected chi connectivity index (χ1v) is 11.5. The van der Waals surface area contributed by atoms with Crippen LogP contribution in [0.25, 0.3) is 0 Å². The van der Waals surface area contributed by atoms with Gasteiger partial charge in [0.15, 0.2) is 5.96 Å².